The Labute approximate surface area is 108 Å². The average molecular weight is 276 g/mol. The molecule has 0 aromatic carbocycles. The lowest BCUT2D eigenvalue weighted by Crippen LogP contribution is -2.43. The minimum atomic E-state index is -1.89. The van der Waals surface area contributed by atoms with Crippen LogP contribution in [0.15, 0.2) is 16.8 Å². The number of nitrogens with zero attached hydrogens (tertiary/aromatic N) is 1. The van der Waals surface area contributed by atoms with Crippen LogP contribution in [-0.2, 0) is 22.8 Å². The Morgan fingerprint density at radius 1 is 1.65 bits per heavy atom. The van der Waals surface area contributed by atoms with E-state index >= 15 is 0 Å². The summed E-state index contributed by atoms with van der Waals surface area (Å²) in [6, 6.07) is 1.84. The van der Waals surface area contributed by atoms with Crippen molar-refractivity contribution < 1.29 is 14.1 Å². The first-order chi connectivity index (χ1) is 7.79. The lowest BCUT2D eigenvalue weighted by atomic mass is 10.2. The van der Waals surface area contributed by atoms with E-state index in [1.165, 1.54) is 11.3 Å². The van der Waals surface area contributed by atoms with Gasteiger partial charge < -0.3 is 9.29 Å². The summed E-state index contributed by atoms with van der Waals surface area (Å²) in [5.41, 5.74) is 0.239. The van der Waals surface area contributed by atoms with Crippen LogP contribution in [0, 0.1) is 0 Å². The summed E-state index contributed by atoms with van der Waals surface area (Å²) in [7, 11) is 0. The predicted molar refractivity (Wildman–Crippen MR) is 68.4 cm³/mol. The molecule has 7 heteroatoms. The first-order valence-corrected chi connectivity index (χ1v) is 7.09. The third kappa shape index (κ3) is 4.95. The van der Waals surface area contributed by atoms with Crippen LogP contribution >= 0.6 is 11.3 Å². The Bertz CT molecular complexity index is 360. The molecule has 1 heterocycles. The predicted octanol–water partition coefficient (Wildman–Crippen LogP) is 2.02. The highest BCUT2D eigenvalue weighted by molar-refractivity contribution is 7.87. The van der Waals surface area contributed by atoms with Crippen LogP contribution < -0.4 is 5.14 Å². The van der Waals surface area contributed by atoms with E-state index in [2.05, 4.69) is 0 Å². The molecule has 2 N–H and O–H groups in total. The maximum absolute atomic E-state index is 11.8. The quantitative estimate of drug-likeness (QED) is 0.857. The van der Waals surface area contributed by atoms with Gasteiger partial charge >= 0.3 is 6.09 Å². The van der Waals surface area contributed by atoms with E-state index in [0.29, 0.717) is 0 Å². The van der Waals surface area contributed by atoms with Gasteiger partial charge in [-0.05, 0) is 43.2 Å². The Morgan fingerprint density at radius 3 is 2.71 bits per heavy atom. The molecule has 0 fully saturated rings. The summed E-state index contributed by atoms with van der Waals surface area (Å²) < 4.78 is 17.4. The summed E-state index contributed by atoms with van der Waals surface area (Å²) in [5.74, 6) is 0. The van der Waals surface area contributed by atoms with Gasteiger partial charge in [0.2, 0.25) is 0 Å². The third-order valence-electron chi connectivity index (χ3n) is 1.72. The van der Waals surface area contributed by atoms with Gasteiger partial charge in [0.25, 0.3) is 0 Å². The number of thiophene rings is 1. The smallest absolute Gasteiger partial charge is 0.454 e. The highest BCUT2D eigenvalue weighted by Gasteiger charge is 2.29. The van der Waals surface area contributed by atoms with Gasteiger partial charge in [-0.15, -0.1) is 9.44 Å². The number of carbonyl (C=O) groups is 1. The molecular formula is C10H16N2O3S2. The van der Waals surface area contributed by atoms with E-state index in [0.717, 1.165) is 9.87 Å². The van der Waals surface area contributed by atoms with Gasteiger partial charge in [0, 0.05) is 0 Å². The van der Waals surface area contributed by atoms with Crippen LogP contribution in [0.2, 0.25) is 0 Å². The van der Waals surface area contributed by atoms with Gasteiger partial charge in [-0.2, -0.15) is 11.3 Å². The van der Waals surface area contributed by atoms with Crippen molar-refractivity contribution in [1.82, 2.24) is 4.31 Å². The van der Waals surface area contributed by atoms with Crippen molar-refractivity contribution in [2.45, 2.75) is 32.9 Å². The highest BCUT2D eigenvalue weighted by Crippen LogP contribution is 2.15. The second-order valence-electron chi connectivity index (χ2n) is 4.42. The van der Waals surface area contributed by atoms with Crippen LogP contribution in [-0.4, -0.2) is 20.6 Å². The third-order valence-corrected chi connectivity index (χ3v) is 3.17. The monoisotopic (exact) mass is 276 g/mol. The van der Waals surface area contributed by atoms with E-state index < -0.39 is 23.2 Å². The second kappa shape index (κ2) is 5.72. The number of nitrogens with two attached hydrogens (primary N) is 1. The molecule has 96 valence electrons. The Balaban J connectivity index is 2.69. The zero-order chi connectivity index (χ0) is 13.1. The molecule has 0 aliphatic rings. The van der Waals surface area contributed by atoms with Crippen LogP contribution in [0.3, 0.4) is 0 Å². The van der Waals surface area contributed by atoms with Gasteiger partial charge in [-0.3, -0.25) is 0 Å². The molecule has 5 nitrogen and oxygen atoms in total. The van der Waals surface area contributed by atoms with Crippen LogP contribution in [0.1, 0.15) is 26.3 Å². The van der Waals surface area contributed by atoms with E-state index in [1.54, 1.807) is 20.8 Å². The molecule has 1 aromatic heterocycles. The maximum Gasteiger partial charge on any atom is 0.454 e. The van der Waals surface area contributed by atoms with E-state index in [1.807, 2.05) is 16.8 Å². The number of hydrogen-bond donors (Lipinski definition) is 1. The molecule has 0 saturated carbocycles. The molecule has 0 aliphatic heterocycles. The zero-order valence-corrected chi connectivity index (χ0v) is 11.6. The van der Waals surface area contributed by atoms with Crippen molar-refractivity contribution in [1.29, 1.82) is 0 Å². The zero-order valence-electron chi connectivity index (χ0n) is 10.0. The summed E-state index contributed by atoms with van der Waals surface area (Å²) in [6.45, 7) is 5.41. The minimum absolute atomic E-state index is 0.182. The lowest BCUT2D eigenvalue weighted by molar-refractivity contribution is 0.0381. The number of hydrogen-bond acceptors (Lipinski definition) is 5. The average Bonchev–Trinajstić information content (AvgIpc) is 2.62. The fourth-order valence-corrected chi connectivity index (χ4v) is 2.18. The number of carbonyl (C=O) groups excluding carboxylic acids is 1. The molecule has 0 aliphatic carbocycles. The normalized spacial score (nSPS) is 13.2. The second-order valence-corrected chi connectivity index (χ2v) is 6.20. The Hall–Kier alpha value is -0.760. The molecule has 0 spiro atoms. The van der Waals surface area contributed by atoms with Crippen molar-refractivity contribution in [2.24, 2.45) is 5.14 Å². The summed E-state index contributed by atoms with van der Waals surface area (Å²) in [6.07, 6.45) is -0.676. The molecule has 1 unspecified atom stereocenters. The van der Waals surface area contributed by atoms with Gasteiger partial charge in [0.15, 0.2) is 11.5 Å². The first kappa shape index (κ1) is 14.3. The van der Waals surface area contributed by atoms with E-state index in [4.69, 9.17) is 9.88 Å². The SMILES string of the molecule is CC(C)(C)OC(=O)N(Cc1ccsc1)[S+](N)[O-]. The fourth-order valence-electron chi connectivity index (χ4n) is 1.06. The topological polar surface area (TPSA) is 78.6 Å². The van der Waals surface area contributed by atoms with Crippen molar-refractivity contribution in [2.75, 3.05) is 0 Å². The van der Waals surface area contributed by atoms with Gasteiger partial charge in [0.1, 0.15) is 12.1 Å². The number of ether oxygens (including phenoxy) is 1. The molecule has 0 saturated heterocycles. The molecule has 1 atom stereocenters. The van der Waals surface area contributed by atoms with Crippen molar-refractivity contribution in [3.8, 4) is 0 Å². The largest absolute Gasteiger partial charge is 0.573 e. The summed E-state index contributed by atoms with van der Waals surface area (Å²) >= 11 is -0.390. The lowest BCUT2D eigenvalue weighted by Gasteiger charge is -2.25. The molecule has 17 heavy (non-hydrogen) atoms. The van der Waals surface area contributed by atoms with Gasteiger partial charge in [-0.1, -0.05) is 0 Å². The van der Waals surface area contributed by atoms with Crippen molar-refractivity contribution in [3.63, 3.8) is 0 Å². The number of rotatable bonds is 3. The highest BCUT2D eigenvalue weighted by atomic mass is 32.2. The first-order valence-electron chi connectivity index (χ1n) is 4.97. The fraction of sp³-hybridized carbons (Fsp3) is 0.500. The van der Waals surface area contributed by atoms with Gasteiger partial charge in [0.05, 0.1) is 0 Å². The molecule has 1 amide bonds. The standard InChI is InChI=1S/C10H16N2O3S2/c1-10(2,3)15-9(13)12(17(11)14)6-8-4-5-16-7-8/h4-5,7H,6,11H2,1-3H3. The Morgan fingerprint density at radius 2 is 2.29 bits per heavy atom. The van der Waals surface area contributed by atoms with Crippen LogP contribution in [0.25, 0.3) is 0 Å². The van der Waals surface area contributed by atoms with E-state index in [-0.39, 0.29) is 6.54 Å². The molecule has 1 rings (SSSR count). The summed E-state index contributed by atoms with van der Waals surface area (Å²) in [4.78, 5) is 11.8. The number of amides is 1. The molecule has 1 aromatic rings. The summed E-state index contributed by atoms with van der Waals surface area (Å²) in [5, 5.41) is 9.02. The van der Waals surface area contributed by atoms with Crippen LogP contribution in [0.4, 0.5) is 4.79 Å². The van der Waals surface area contributed by atoms with Gasteiger partial charge in [-0.25, -0.2) is 4.79 Å². The minimum Gasteiger partial charge on any atom is -0.573 e. The molecule has 0 radical (unpaired) electrons. The maximum atomic E-state index is 11.8. The van der Waals surface area contributed by atoms with E-state index in [9.17, 15) is 9.35 Å². The molecular weight excluding hydrogens is 260 g/mol. The van der Waals surface area contributed by atoms with Crippen LogP contribution in [0.5, 0.6) is 0 Å². The molecule has 0 bridgehead atoms. The van der Waals surface area contributed by atoms with Crippen molar-refractivity contribution in [3.05, 3.63) is 22.4 Å². The Kier molecular flexibility index (Phi) is 4.81. The van der Waals surface area contributed by atoms with Crippen molar-refractivity contribution >= 4 is 29.0 Å².